The molecule has 0 bridgehead atoms. The van der Waals surface area contributed by atoms with Gasteiger partial charge in [0.05, 0.1) is 16.7 Å². The number of halogens is 2. The van der Waals surface area contributed by atoms with Gasteiger partial charge in [0, 0.05) is 11.1 Å². The molecule has 0 saturated heterocycles. The van der Waals surface area contributed by atoms with Gasteiger partial charge in [0.2, 0.25) is 5.91 Å². The van der Waals surface area contributed by atoms with E-state index in [1.54, 1.807) is 11.8 Å². The lowest BCUT2D eigenvalue weighted by Crippen LogP contribution is -2.32. The molecular formula is C15H16F2N2OS2. The first-order valence-electron chi connectivity index (χ1n) is 6.55. The number of hydrogen-bond donors (Lipinski definition) is 1. The standard InChI is InChI=1S/C15H16F2N2OS2/c1-15(2,8-21-3)13(20)19-14-18-11(7-22-14)12-9(16)5-4-6-10(12)17/h4-7H,8H2,1-3H3,(H,18,19,20). The third-order valence-electron chi connectivity index (χ3n) is 3.06. The average molecular weight is 342 g/mol. The van der Waals surface area contributed by atoms with Crippen molar-refractivity contribution in [3.63, 3.8) is 0 Å². The molecule has 7 heteroatoms. The number of hydrogen-bond acceptors (Lipinski definition) is 4. The Morgan fingerprint density at radius 1 is 1.36 bits per heavy atom. The van der Waals surface area contributed by atoms with E-state index in [2.05, 4.69) is 10.3 Å². The van der Waals surface area contributed by atoms with Crippen LogP contribution in [0, 0.1) is 17.0 Å². The first-order chi connectivity index (χ1) is 10.3. The Balaban J connectivity index is 2.21. The van der Waals surface area contributed by atoms with Crippen LogP contribution in [0.15, 0.2) is 23.6 Å². The topological polar surface area (TPSA) is 42.0 Å². The highest BCUT2D eigenvalue weighted by atomic mass is 32.2. The third kappa shape index (κ3) is 3.64. The van der Waals surface area contributed by atoms with Gasteiger partial charge in [-0.2, -0.15) is 11.8 Å². The Morgan fingerprint density at radius 2 is 2.00 bits per heavy atom. The van der Waals surface area contributed by atoms with E-state index < -0.39 is 17.0 Å². The molecule has 3 nitrogen and oxygen atoms in total. The van der Waals surface area contributed by atoms with Gasteiger partial charge in [-0.1, -0.05) is 19.9 Å². The molecule has 1 aromatic carbocycles. The number of nitrogens with zero attached hydrogens (tertiary/aromatic N) is 1. The van der Waals surface area contributed by atoms with Crippen molar-refractivity contribution in [3.05, 3.63) is 35.2 Å². The number of thioether (sulfide) groups is 1. The summed E-state index contributed by atoms with van der Waals surface area (Å²) in [5.74, 6) is -0.854. The highest BCUT2D eigenvalue weighted by Crippen LogP contribution is 2.30. The highest BCUT2D eigenvalue weighted by Gasteiger charge is 2.28. The molecule has 0 unspecified atom stereocenters. The number of carbonyl (C=O) groups excluding carboxylic acids is 1. The van der Waals surface area contributed by atoms with Gasteiger partial charge >= 0.3 is 0 Å². The number of nitrogens with one attached hydrogen (secondary N) is 1. The number of carbonyl (C=O) groups is 1. The zero-order chi connectivity index (χ0) is 16.3. The van der Waals surface area contributed by atoms with Gasteiger partial charge in [0.1, 0.15) is 11.6 Å². The van der Waals surface area contributed by atoms with Crippen LogP contribution in [0.4, 0.5) is 13.9 Å². The molecule has 0 spiro atoms. The fourth-order valence-corrected chi connectivity index (χ4v) is 3.43. The first-order valence-corrected chi connectivity index (χ1v) is 8.83. The van der Waals surface area contributed by atoms with Crippen molar-refractivity contribution in [2.24, 2.45) is 5.41 Å². The molecule has 0 aliphatic heterocycles. The van der Waals surface area contributed by atoms with Crippen LogP contribution in [0.25, 0.3) is 11.3 Å². The molecule has 2 rings (SSSR count). The summed E-state index contributed by atoms with van der Waals surface area (Å²) >= 11 is 2.72. The zero-order valence-electron chi connectivity index (χ0n) is 12.4. The summed E-state index contributed by atoms with van der Waals surface area (Å²) in [4.78, 5) is 16.3. The van der Waals surface area contributed by atoms with Gasteiger partial charge < -0.3 is 5.32 Å². The van der Waals surface area contributed by atoms with Gasteiger partial charge in [-0.05, 0) is 18.4 Å². The van der Waals surface area contributed by atoms with Gasteiger partial charge in [-0.15, -0.1) is 11.3 Å². The molecule has 1 amide bonds. The molecule has 118 valence electrons. The van der Waals surface area contributed by atoms with Crippen molar-refractivity contribution in [2.75, 3.05) is 17.3 Å². The highest BCUT2D eigenvalue weighted by molar-refractivity contribution is 7.98. The summed E-state index contributed by atoms with van der Waals surface area (Å²) in [6.45, 7) is 3.67. The van der Waals surface area contributed by atoms with Gasteiger partial charge in [-0.25, -0.2) is 13.8 Å². The predicted octanol–water partition coefficient (Wildman–Crippen LogP) is 4.42. The molecule has 0 saturated carbocycles. The summed E-state index contributed by atoms with van der Waals surface area (Å²) in [7, 11) is 0. The Hall–Kier alpha value is -1.47. The van der Waals surface area contributed by atoms with E-state index in [0.29, 0.717) is 10.9 Å². The Bertz CT molecular complexity index is 666. The first kappa shape index (κ1) is 16.9. The summed E-state index contributed by atoms with van der Waals surface area (Å²) in [5, 5.41) is 4.56. The molecule has 0 aliphatic rings. The zero-order valence-corrected chi connectivity index (χ0v) is 14.1. The minimum Gasteiger partial charge on any atom is -0.301 e. The minimum absolute atomic E-state index is 0.170. The Morgan fingerprint density at radius 3 is 2.59 bits per heavy atom. The lowest BCUT2D eigenvalue weighted by Gasteiger charge is -2.21. The van der Waals surface area contributed by atoms with E-state index in [0.717, 1.165) is 11.3 Å². The van der Waals surface area contributed by atoms with E-state index in [-0.39, 0.29) is 17.2 Å². The summed E-state index contributed by atoms with van der Waals surface area (Å²) in [6, 6.07) is 3.66. The smallest absolute Gasteiger partial charge is 0.232 e. The second-order valence-corrected chi connectivity index (χ2v) is 7.13. The fourth-order valence-electron chi connectivity index (χ4n) is 1.88. The van der Waals surface area contributed by atoms with Crippen LogP contribution in [-0.4, -0.2) is 22.9 Å². The fraction of sp³-hybridized carbons (Fsp3) is 0.333. The number of aromatic nitrogens is 1. The predicted molar refractivity (Wildman–Crippen MR) is 88.3 cm³/mol. The normalized spacial score (nSPS) is 11.5. The van der Waals surface area contributed by atoms with Gasteiger partial charge in [0.25, 0.3) is 0 Å². The molecule has 1 N–H and O–H groups in total. The van der Waals surface area contributed by atoms with E-state index in [9.17, 15) is 13.6 Å². The number of benzene rings is 1. The van der Waals surface area contributed by atoms with Crippen LogP contribution in [0.5, 0.6) is 0 Å². The van der Waals surface area contributed by atoms with Gasteiger partial charge in [0.15, 0.2) is 5.13 Å². The van der Waals surface area contributed by atoms with Crippen molar-refractivity contribution < 1.29 is 13.6 Å². The number of rotatable bonds is 5. The SMILES string of the molecule is CSCC(C)(C)C(=O)Nc1nc(-c2c(F)cccc2F)cs1. The lowest BCUT2D eigenvalue weighted by atomic mass is 9.95. The summed E-state index contributed by atoms with van der Waals surface area (Å²) < 4.78 is 27.5. The molecule has 0 atom stereocenters. The quantitative estimate of drug-likeness (QED) is 0.875. The van der Waals surface area contributed by atoms with Crippen molar-refractivity contribution >= 4 is 34.1 Å². The number of thiazole rings is 1. The van der Waals surface area contributed by atoms with Crippen LogP contribution in [-0.2, 0) is 4.79 Å². The lowest BCUT2D eigenvalue weighted by molar-refractivity contribution is -0.122. The summed E-state index contributed by atoms with van der Waals surface area (Å²) in [6.07, 6.45) is 1.93. The van der Waals surface area contributed by atoms with Crippen molar-refractivity contribution in [1.82, 2.24) is 4.98 Å². The average Bonchev–Trinajstić information content (AvgIpc) is 2.86. The monoisotopic (exact) mass is 342 g/mol. The van der Waals surface area contributed by atoms with E-state index in [1.807, 2.05) is 20.1 Å². The molecule has 1 aromatic heterocycles. The van der Waals surface area contributed by atoms with Crippen molar-refractivity contribution in [3.8, 4) is 11.3 Å². The molecule has 2 aromatic rings. The second kappa shape index (κ2) is 6.75. The van der Waals surface area contributed by atoms with Crippen LogP contribution in [0.1, 0.15) is 13.8 Å². The molecule has 0 fully saturated rings. The van der Waals surface area contributed by atoms with E-state index in [4.69, 9.17) is 0 Å². The third-order valence-corrected chi connectivity index (χ3v) is 4.83. The minimum atomic E-state index is -0.675. The van der Waals surface area contributed by atoms with Crippen LogP contribution >= 0.6 is 23.1 Å². The molecule has 22 heavy (non-hydrogen) atoms. The van der Waals surface area contributed by atoms with Gasteiger partial charge in [-0.3, -0.25) is 4.79 Å². The largest absolute Gasteiger partial charge is 0.301 e. The van der Waals surface area contributed by atoms with Crippen LogP contribution in [0.3, 0.4) is 0 Å². The van der Waals surface area contributed by atoms with Crippen LogP contribution in [0.2, 0.25) is 0 Å². The van der Waals surface area contributed by atoms with E-state index >= 15 is 0 Å². The van der Waals surface area contributed by atoms with E-state index in [1.165, 1.54) is 23.6 Å². The van der Waals surface area contributed by atoms with Crippen LogP contribution < -0.4 is 5.32 Å². The summed E-state index contributed by atoms with van der Waals surface area (Å²) in [5.41, 5.74) is -0.546. The molecular weight excluding hydrogens is 326 g/mol. The van der Waals surface area contributed by atoms with Crippen molar-refractivity contribution in [2.45, 2.75) is 13.8 Å². The maximum absolute atomic E-state index is 13.7. The molecule has 0 radical (unpaired) electrons. The second-order valence-electron chi connectivity index (χ2n) is 5.41. The maximum Gasteiger partial charge on any atom is 0.232 e. The maximum atomic E-state index is 13.7. The molecule has 1 heterocycles. The Labute approximate surface area is 136 Å². The Kier molecular flexibility index (Phi) is 5.18. The van der Waals surface area contributed by atoms with Crippen molar-refractivity contribution in [1.29, 1.82) is 0 Å². The number of amides is 1. The molecule has 0 aliphatic carbocycles. The number of anilines is 1.